The summed E-state index contributed by atoms with van der Waals surface area (Å²) in [5.41, 5.74) is 1.13. The van der Waals surface area contributed by atoms with Gasteiger partial charge in [-0.1, -0.05) is 0 Å². The first-order valence-electron chi connectivity index (χ1n) is 3.90. The highest BCUT2D eigenvalue weighted by Crippen LogP contribution is 1.95. The van der Waals surface area contributed by atoms with E-state index in [1.807, 2.05) is 17.8 Å². The molecule has 1 heterocycles. The van der Waals surface area contributed by atoms with E-state index in [1.165, 1.54) is 6.92 Å². The molecule has 4 heteroatoms. The second-order valence-corrected chi connectivity index (χ2v) is 2.73. The van der Waals surface area contributed by atoms with E-state index in [2.05, 4.69) is 10.3 Å². The lowest BCUT2D eigenvalue weighted by molar-refractivity contribution is -0.118. The Kier molecular flexibility index (Phi) is 2.85. The van der Waals surface area contributed by atoms with Gasteiger partial charge in [0.15, 0.2) is 0 Å². The van der Waals surface area contributed by atoms with E-state index in [1.54, 1.807) is 6.33 Å². The molecule has 1 aromatic heterocycles. The standard InChI is InChI=1S/C8H13N3O/c1-7(12)10-4-3-8-5-9-6-11(8)2/h5-6H,3-4H2,1-2H3,(H,10,12). The number of hydrogen-bond donors (Lipinski definition) is 1. The van der Waals surface area contributed by atoms with Crippen LogP contribution in [0, 0.1) is 0 Å². The van der Waals surface area contributed by atoms with Crippen molar-refractivity contribution in [3.63, 3.8) is 0 Å². The maximum absolute atomic E-state index is 10.5. The zero-order valence-electron chi connectivity index (χ0n) is 7.37. The van der Waals surface area contributed by atoms with E-state index in [0.29, 0.717) is 6.54 Å². The summed E-state index contributed by atoms with van der Waals surface area (Å²) in [4.78, 5) is 14.5. The molecule has 1 rings (SSSR count). The van der Waals surface area contributed by atoms with Gasteiger partial charge in [0.1, 0.15) is 0 Å². The summed E-state index contributed by atoms with van der Waals surface area (Å²) in [5.74, 6) is 0.0113. The SMILES string of the molecule is CC(=O)NCCc1cncn1C. The van der Waals surface area contributed by atoms with Crippen LogP contribution in [0.5, 0.6) is 0 Å². The van der Waals surface area contributed by atoms with Gasteiger partial charge in [-0.3, -0.25) is 4.79 Å². The van der Waals surface area contributed by atoms with Crippen molar-refractivity contribution in [1.82, 2.24) is 14.9 Å². The van der Waals surface area contributed by atoms with Crippen LogP contribution in [0.3, 0.4) is 0 Å². The summed E-state index contributed by atoms with van der Waals surface area (Å²) in [7, 11) is 1.94. The largest absolute Gasteiger partial charge is 0.356 e. The van der Waals surface area contributed by atoms with Crippen molar-refractivity contribution in [2.75, 3.05) is 6.54 Å². The number of aryl methyl sites for hydroxylation is 1. The molecule has 0 spiro atoms. The van der Waals surface area contributed by atoms with Crippen LogP contribution < -0.4 is 5.32 Å². The van der Waals surface area contributed by atoms with Gasteiger partial charge in [0.05, 0.1) is 6.33 Å². The number of nitrogens with one attached hydrogen (secondary N) is 1. The lowest BCUT2D eigenvalue weighted by atomic mass is 10.3. The van der Waals surface area contributed by atoms with Gasteiger partial charge in [-0.25, -0.2) is 4.98 Å². The smallest absolute Gasteiger partial charge is 0.216 e. The van der Waals surface area contributed by atoms with E-state index in [4.69, 9.17) is 0 Å². The highest BCUT2D eigenvalue weighted by atomic mass is 16.1. The lowest BCUT2D eigenvalue weighted by Gasteiger charge is -2.02. The van der Waals surface area contributed by atoms with Gasteiger partial charge in [0.2, 0.25) is 5.91 Å². The fourth-order valence-electron chi connectivity index (χ4n) is 0.992. The number of imidazole rings is 1. The van der Waals surface area contributed by atoms with E-state index in [-0.39, 0.29) is 5.91 Å². The van der Waals surface area contributed by atoms with Gasteiger partial charge in [0, 0.05) is 38.8 Å². The minimum Gasteiger partial charge on any atom is -0.356 e. The minimum atomic E-state index is 0.0113. The fraction of sp³-hybridized carbons (Fsp3) is 0.500. The van der Waals surface area contributed by atoms with Gasteiger partial charge in [-0.05, 0) is 0 Å². The quantitative estimate of drug-likeness (QED) is 0.694. The number of hydrogen-bond acceptors (Lipinski definition) is 2. The second-order valence-electron chi connectivity index (χ2n) is 2.73. The van der Waals surface area contributed by atoms with E-state index >= 15 is 0 Å². The highest BCUT2D eigenvalue weighted by molar-refractivity contribution is 5.72. The minimum absolute atomic E-state index is 0.0113. The van der Waals surface area contributed by atoms with Crippen molar-refractivity contribution in [2.45, 2.75) is 13.3 Å². The molecule has 0 bridgehead atoms. The van der Waals surface area contributed by atoms with Gasteiger partial charge in [-0.2, -0.15) is 0 Å². The Morgan fingerprint density at radius 2 is 2.50 bits per heavy atom. The van der Waals surface area contributed by atoms with Gasteiger partial charge >= 0.3 is 0 Å². The number of carbonyl (C=O) groups excluding carboxylic acids is 1. The highest BCUT2D eigenvalue weighted by Gasteiger charge is 1.97. The van der Waals surface area contributed by atoms with Crippen LogP contribution in [-0.4, -0.2) is 22.0 Å². The molecule has 1 aromatic rings. The topological polar surface area (TPSA) is 46.9 Å². The Morgan fingerprint density at radius 3 is 3.00 bits per heavy atom. The van der Waals surface area contributed by atoms with Gasteiger partial charge < -0.3 is 9.88 Å². The first-order chi connectivity index (χ1) is 5.70. The van der Waals surface area contributed by atoms with Crippen LogP contribution in [0.15, 0.2) is 12.5 Å². The molecule has 12 heavy (non-hydrogen) atoms. The third kappa shape index (κ3) is 2.38. The molecule has 0 atom stereocenters. The molecule has 0 aliphatic carbocycles. The number of nitrogens with zero attached hydrogens (tertiary/aromatic N) is 2. The van der Waals surface area contributed by atoms with E-state index in [9.17, 15) is 4.79 Å². The van der Waals surface area contributed by atoms with Crippen molar-refractivity contribution >= 4 is 5.91 Å². The molecular weight excluding hydrogens is 154 g/mol. The summed E-state index contributed by atoms with van der Waals surface area (Å²) in [6, 6.07) is 0. The molecule has 0 aliphatic rings. The maximum atomic E-state index is 10.5. The van der Waals surface area contributed by atoms with Crippen molar-refractivity contribution < 1.29 is 4.79 Å². The Hall–Kier alpha value is -1.32. The van der Waals surface area contributed by atoms with Crippen LogP contribution in [0.4, 0.5) is 0 Å². The fourth-order valence-corrected chi connectivity index (χ4v) is 0.992. The number of amides is 1. The molecule has 0 saturated heterocycles. The van der Waals surface area contributed by atoms with Crippen LogP contribution >= 0.6 is 0 Å². The van der Waals surface area contributed by atoms with Crippen LogP contribution in [0.25, 0.3) is 0 Å². The molecule has 0 aliphatic heterocycles. The molecule has 0 fully saturated rings. The predicted octanol–water partition coefficient (Wildman–Crippen LogP) is 0.0987. The number of rotatable bonds is 3. The van der Waals surface area contributed by atoms with Gasteiger partial charge in [0.25, 0.3) is 0 Å². The van der Waals surface area contributed by atoms with Crippen molar-refractivity contribution in [2.24, 2.45) is 7.05 Å². The zero-order valence-corrected chi connectivity index (χ0v) is 7.37. The molecule has 1 amide bonds. The summed E-state index contributed by atoms with van der Waals surface area (Å²) in [6.07, 6.45) is 4.39. The monoisotopic (exact) mass is 167 g/mol. The maximum Gasteiger partial charge on any atom is 0.216 e. The molecule has 0 saturated carbocycles. The first-order valence-corrected chi connectivity index (χ1v) is 3.90. The van der Waals surface area contributed by atoms with Gasteiger partial charge in [-0.15, -0.1) is 0 Å². The summed E-state index contributed by atoms with van der Waals surface area (Å²) >= 11 is 0. The molecule has 1 N–H and O–H groups in total. The van der Waals surface area contributed by atoms with Crippen LogP contribution in [0.1, 0.15) is 12.6 Å². The molecule has 4 nitrogen and oxygen atoms in total. The zero-order chi connectivity index (χ0) is 8.97. The number of carbonyl (C=O) groups is 1. The normalized spacial score (nSPS) is 9.83. The molecule has 66 valence electrons. The average Bonchev–Trinajstić information content (AvgIpc) is 2.36. The lowest BCUT2D eigenvalue weighted by Crippen LogP contribution is -2.22. The van der Waals surface area contributed by atoms with E-state index in [0.717, 1.165) is 12.1 Å². The third-order valence-electron chi connectivity index (χ3n) is 1.67. The molecule has 0 aromatic carbocycles. The Labute approximate surface area is 71.6 Å². The van der Waals surface area contributed by atoms with Crippen LogP contribution in [0.2, 0.25) is 0 Å². The summed E-state index contributed by atoms with van der Waals surface area (Å²) in [6.45, 7) is 2.19. The summed E-state index contributed by atoms with van der Waals surface area (Å²) < 4.78 is 1.95. The van der Waals surface area contributed by atoms with Crippen molar-refractivity contribution in [3.05, 3.63) is 18.2 Å². The molecular formula is C8H13N3O. The Balaban J connectivity index is 2.33. The second kappa shape index (κ2) is 3.90. The average molecular weight is 167 g/mol. The summed E-state index contributed by atoms with van der Waals surface area (Å²) in [5, 5.41) is 2.73. The van der Waals surface area contributed by atoms with Crippen molar-refractivity contribution in [3.8, 4) is 0 Å². The van der Waals surface area contributed by atoms with Crippen LogP contribution in [-0.2, 0) is 18.3 Å². The predicted molar refractivity (Wildman–Crippen MR) is 45.6 cm³/mol. The van der Waals surface area contributed by atoms with E-state index < -0.39 is 0 Å². The third-order valence-corrected chi connectivity index (χ3v) is 1.67. The van der Waals surface area contributed by atoms with Crippen molar-refractivity contribution in [1.29, 1.82) is 0 Å². The number of aromatic nitrogens is 2. The molecule has 0 unspecified atom stereocenters. The Morgan fingerprint density at radius 1 is 1.75 bits per heavy atom. The molecule has 0 radical (unpaired) electrons. The first kappa shape index (κ1) is 8.77. The Bertz CT molecular complexity index is 267.